The van der Waals surface area contributed by atoms with E-state index >= 15 is 0 Å². The number of hydrogen-bond donors (Lipinski definition) is 1. The third kappa shape index (κ3) is 3.30. The maximum absolute atomic E-state index is 10.9. The lowest BCUT2D eigenvalue weighted by molar-refractivity contribution is 0.0660. The van der Waals surface area contributed by atoms with Crippen LogP contribution in [-0.2, 0) is 19.5 Å². The average Bonchev–Trinajstić information content (AvgIpc) is 2.96. The number of aryl methyl sites for hydroxylation is 2. The molecule has 2 aromatic heterocycles. The van der Waals surface area contributed by atoms with Crippen LogP contribution in [0.2, 0.25) is 0 Å². The van der Waals surface area contributed by atoms with Crippen molar-refractivity contribution in [2.45, 2.75) is 33.4 Å². The van der Waals surface area contributed by atoms with Crippen molar-refractivity contribution in [1.82, 2.24) is 4.90 Å². The van der Waals surface area contributed by atoms with Crippen molar-refractivity contribution in [3.05, 3.63) is 46.8 Å². The summed E-state index contributed by atoms with van der Waals surface area (Å²) in [5.41, 5.74) is 0.913. The van der Waals surface area contributed by atoms with E-state index in [0.29, 0.717) is 19.5 Å². The molecule has 0 aromatic carbocycles. The third-order valence-corrected chi connectivity index (χ3v) is 3.09. The first-order valence-corrected chi connectivity index (χ1v) is 6.58. The average molecular weight is 277 g/mol. The van der Waals surface area contributed by atoms with Crippen LogP contribution < -0.4 is 0 Å². The maximum Gasteiger partial charge on any atom is 0.371 e. The standard InChI is InChI=1S/C15H19NO4/c1-4-13-11(7-14(20-13)15(17)18)8-16(3)9-12-6-5-10(2)19-12/h5-7H,4,8-9H2,1-3H3,(H,17,18). The van der Waals surface area contributed by atoms with Crippen molar-refractivity contribution in [3.63, 3.8) is 0 Å². The molecule has 2 aromatic rings. The highest BCUT2D eigenvalue weighted by atomic mass is 16.4. The van der Waals surface area contributed by atoms with Gasteiger partial charge in [-0.05, 0) is 32.2 Å². The lowest BCUT2D eigenvalue weighted by Crippen LogP contribution is -2.17. The number of furan rings is 2. The Morgan fingerprint density at radius 1 is 1.30 bits per heavy atom. The van der Waals surface area contributed by atoms with Crippen LogP contribution in [0.3, 0.4) is 0 Å². The van der Waals surface area contributed by atoms with Gasteiger partial charge in [0.2, 0.25) is 5.76 Å². The van der Waals surface area contributed by atoms with Crippen LogP contribution in [-0.4, -0.2) is 23.0 Å². The summed E-state index contributed by atoms with van der Waals surface area (Å²) in [5, 5.41) is 8.97. The molecule has 5 nitrogen and oxygen atoms in total. The van der Waals surface area contributed by atoms with Crippen LogP contribution in [0.4, 0.5) is 0 Å². The van der Waals surface area contributed by atoms with E-state index in [1.165, 1.54) is 0 Å². The van der Waals surface area contributed by atoms with Gasteiger partial charge in [0.05, 0.1) is 6.54 Å². The summed E-state index contributed by atoms with van der Waals surface area (Å²) >= 11 is 0. The summed E-state index contributed by atoms with van der Waals surface area (Å²) in [6, 6.07) is 5.48. The molecule has 0 spiro atoms. The van der Waals surface area contributed by atoms with Gasteiger partial charge in [-0.25, -0.2) is 4.79 Å². The second-order valence-electron chi connectivity index (χ2n) is 4.90. The predicted molar refractivity (Wildman–Crippen MR) is 73.7 cm³/mol. The Balaban J connectivity index is 2.06. The largest absolute Gasteiger partial charge is 0.475 e. The van der Waals surface area contributed by atoms with E-state index in [-0.39, 0.29) is 5.76 Å². The Labute approximate surface area is 117 Å². The molecule has 0 radical (unpaired) electrons. The fraction of sp³-hybridized carbons (Fsp3) is 0.400. The van der Waals surface area contributed by atoms with Crippen LogP contribution >= 0.6 is 0 Å². The van der Waals surface area contributed by atoms with Gasteiger partial charge in [-0.1, -0.05) is 6.92 Å². The smallest absolute Gasteiger partial charge is 0.371 e. The molecule has 0 saturated carbocycles. The van der Waals surface area contributed by atoms with Gasteiger partial charge in [0.15, 0.2) is 0 Å². The molecule has 20 heavy (non-hydrogen) atoms. The number of carboxylic acids is 1. The van der Waals surface area contributed by atoms with Crippen LogP contribution in [0, 0.1) is 6.92 Å². The first-order chi connectivity index (χ1) is 9.49. The van der Waals surface area contributed by atoms with Crippen molar-refractivity contribution in [2.24, 2.45) is 0 Å². The molecule has 0 atom stereocenters. The van der Waals surface area contributed by atoms with Gasteiger partial charge < -0.3 is 13.9 Å². The van der Waals surface area contributed by atoms with E-state index in [4.69, 9.17) is 13.9 Å². The third-order valence-electron chi connectivity index (χ3n) is 3.09. The van der Waals surface area contributed by atoms with Gasteiger partial charge in [-0.2, -0.15) is 0 Å². The summed E-state index contributed by atoms with van der Waals surface area (Å²) in [7, 11) is 1.96. The second kappa shape index (κ2) is 5.96. The van der Waals surface area contributed by atoms with Crippen LogP contribution in [0.5, 0.6) is 0 Å². The number of rotatable bonds is 6. The second-order valence-corrected chi connectivity index (χ2v) is 4.90. The van der Waals surface area contributed by atoms with E-state index in [1.807, 2.05) is 33.0 Å². The minimum Gasteiger partial charge on any atom is -0.475 e. The molecule has 2 rings (SSSR count). The lowest BCUT2D eigenvalue weighted by atomic mass is 10.2. The Morgan fingerprint density at radius 3 is 2.60 bits per heavy atom. The first-order valence-electron chi connectivity index (χ1n) is 6.58. The molecular formula is C15H19NO4. The number of hydrogen-bond acceptors (Lipinski definition) is 4. The molecular weight excluding hydrogens is 258 g/mol. The number of carbonyl (C=O) groups is 1. The highest BCUT2D eigenvalue weighted by Gasteiger charge is 2.16. The Morgan fingerprint density at radius 2 is 2.05 bits per heavy atom. The van der Waals surface area contributed by atoms with E-state index in [2.05, 4.69) is 4.90 Å². The van der Waals surface area contributed by atoms with Gasteiger partial charge in [-0.3, -0.25) is 4.90 Å². The minimum atomic E-state index is -1.03. The summed E-state index contributed by atoms with van der Waals surface area (Å²) in [4.78, 5) is 13.0. The monoisotopic (exact) mass is 277 g/mol. The quantitative estimate of drug-likeness (QED) is 0.879. The summed E-state index contributed by atoms with van der Waals surface area (Å²) in [6.45, 7) is 5.15. The molecule has 0 fully saturated rings. The van der Waals surface area contributed by atoms with Crippen molar-refractivity contribution in [1.29, 1.82) is 0 Å². The first kappa shape index (κ1) is 14.4. The Hall–Kier alpha value is -2.01. The molecule has 0 aliphatic heterocycles. The highest BCUT2D eigenvalue weighted by Crippen LogP contribution is 2.19. The number of carboxylic acid groups (broad SMARTS) is 1. The molecule has 0 saturated heterocycles. The summed E-state index contributed by atoms with van der Waals surface area (Å²) < 4.78 is 10.9. The molecule has 108 valence electrons. The normalized spacial score (nSPS) is 11.2. The molecule has 0 unspecified atom stereocenters. The number of nitrogens with zero attached hydrogens (tertiary/aromatic N) is 1. The fourth-order valence-electron chi connectivity index (χ4n) is 2.19. The molecule has 1 N–H and O–H groups in total. The Kier molecular flexibility index (Phi) is 4.29. The Bertz CT molecular complexity index is 597. The van der Waals surface area contributed by atoms with E-state index < -0.39 is 5.97 Å². The zero-order chi connectivity index (χ0) is 14.7. The molecule has 5 heteroatoms. The van der Waals surface area contributed by atoms with Gasteiger partial charge in [0, 0.05) is 18.5 Å². The van der Waals surface area contributed by atoms with E-state index in [0.717, 1.165) is 22.8 Å². The van der Waals surface area contributed by atoms with Gasteiger partial charge in [-0.15, -0.1) is 0 Å². The lowest BCUT2D eigenvalue weighted by Gasteiger charge is -2.14. The van der Waals surface area contributed by atoms with Crippen molar-refractivity contribution in [3.8, 4) is 0 Å². The van der Waals surface area contributed by atoms with Crippen molar-refractivity contribution in [2.75, 3.05) is 7.05 Å². The minimum absolute atomic E-state index is 0.000840. The number of aromatic carboxylic acids is 1. The van der Waals surface area contributed by atoms with Crippen LogP contribution in [0.15, 0.2) is 27.0 Å². The van der Waals surface area contributed by atoms with E-state index in [1.54, 1.807) is 6.07 Å². The fourth-order valence-corrected chi connectivity index (χ4v) is 2.19. The SMILES string of the molecule is CCc1oc(C(=O)O)cc1CN(C)Cc1ccc(C)o1. The zero-order valence-electron chi connectivity index (χ0n) is 12.0. The predicted octanol–water partition coefficient (Wildman–Crippen LogP) is 3.07. The molecule has 0 amide bonds. The van der Waals surface area contributed by atoms with E-state index in [9.17, 15) is 4.79 Å². The molecule has 0 aliphatic rings. The molecule has 2 heterocycles. The zero-order valence-corrected chi connectivity index (χ0v) is 12.0. The van der Waals surface area contributed by atoms with Crippen LogP contribution in [0.1, 0.15) is 40.3 Å². The highest BCUT2D eigenvalue weighted by molar-refractivity contribution is 5.84. The van der Waals surface area contributed by atoms with Crippen molar-refractivity contribution >= 4 is 5.97 Å². The summed E-state index contributed by atoms with van der Waals surface area (Å²) in [5.74, 6) is 1.48. The van der Waals surface area contributed by atoms with Gasteiger partial charge >= 0.3 is 5.97 Å². The van der Waals surface area contributed by atoms with Gasteiger partial charge in [0.1, 0.15) is 17.3 Å². The maximum atomic E-state index is 10.9. The topological polar surface area (TPSA) is 66.8 Å². The molecule has 0 aliphatic carbocycles. The van der Waals surface area contributed by atoms with Gasteiger partial charge in [0.25, 0.3) is 0 Å². The molecule has 0 bridgehead atoms. The summed E-state index contributed by atoms with van der Waals surface area (Å²) in [6.07, 6.45) is 0.677. The van der Waals surface area contributed by atoms with Crippen molar-refractivity contribution < 1.29 is 18.7 Å². The van der Waals surface area contributed by atoms with Crippen LogP contribution in [0.25, 0.3) is 0 Å².